The Morgan fingerprint density at radius 1 is 1.12 bits per heavy atom. The molecule has 0 radical (unpaired) electrons. The zero-order chi connectivity index (χ0) is 17.1. The number of imidazole rings is 1. The lowest BCUT2D eigenvalue weighted by atomic mass is 10.2. The van der Waals surface area contributed by atoms with Crippen molar-refractivity contribution in [3.05, 3.63) is 60.0 Å². The van der Waals surface area contributed by atoms with Gasteiger partial charge in [-0.15, -0.1) is 0 Å². The van der Waals surface area contributed by atoms with E-state index in [4.69, 9.17) is 0 Å². The largest absolute Gasteiger partial charge is 0.372 e. The van der Waals surface area contributed by atoms with E-state index in [9.17, 15) is 4.79 Å². The Hall–Kier alpha value is -2.82. The van der Waals surface area contributed by atoms with E-state index in [2.05, 4.69) is 29.0 Å². The van der Waals surface area contributed by atoms with Crippen molar-refractivity contribution >= 4 is 22.9 Å². The summed E-state index contributed by atoms with van der Waals surface area (Å²) in [4.78, 5) is 19.4. The van der Waals surface area contributed by atoms with Gasteiger partial charge in [0.2, 0.25) is 0 Å². The van der Waals surface area contributed by atoms with E-state index >= 15 is 0 Å². The van der Waals surface area contributed by atoms with Gasteiger partial charge in [-0.25, -0.2) is 4.98 Å². The molecule has 3 rings (SSSR count). The molecule has 0 fully saturated rings. The van der Waals surface area contributed by atoms with Gasteiger partial charge in [-0.05, 0) is 57.2 Å². The third kappa shape index (κ3) is 2.97. The van der Waals surface area contributed by atoms with Crippen LogP contribution in [0.4, 0.5) is 11.4 Å². The Balaban J connectivity index is 1.83. The first kappa shape index (κ1) is 16.1. The third-order valence-electron chi connectivity index (χ3n) is 4.17. The van der Waals surface area contributed by atoms with E-state index in [0.29, 0.717) is 5.69 Å². The van der Waals surface area contributed by atoms with Gasteiger partial charge in [0, 0.05) is 30.7 Å². The predicted molar refractivity (Wildman–Crippen MR) is 97.9 cm³/mol. The second-order valence-electron chi connectivity index (χ2n) is 5.65. The molecule has 0 atom stereocenters. The zero-order valence-electron chi connectivity index (χ0n) is 14.3. The summed E-state index contributed by atoms with van der Waals surface area (Å²) in [6.45, 7) is 8.04. The van der Waals surface area contributed by atoms with Crippen molar-refractivity contribution in [3.8, 4) is 0 Å². The summed E-state index contributed by atoms with van der Waals surface area (Å²) in [5.74, 6) is -0.151. The maximum absolute atomic E-state index is 12.7. The molecular formula is C19H22N4O. The monoisotopic (exact) mass is 322 g/mol. The lowest BCUT2D eigenvalue weighted by molar-refractivity contribution is 0.102. The van der Waals surface area contributed by atoms with Gasteiger partial charge < -0.3 is 10.2 Å². The molecule has 0 bridgehead atoms. The molecule has 1 aromatic carbocycles. The fourth-order valence-electron chi connectivity index (χ4n) is 2.92. The summed E-state index contributed by atoms with van der Waals surface area (Å²) in [5, 5.41) is 2.96. The van der Waals surface area contributed by atoms with Crippen LogP contribution in [-0.2, 0) is 0 Å². The molecular weight excluding hydrogens is 300 g/mol. The average Bonchev–Trinajstić information content (AvgIpc) is 2.93. The minimum absolute atomic E-state index is 0.151. The van der Waals surface area contributed by atoms with Crippen LogP contribution in [0.3, 0.4) is 0 Å². The number of fused-ring (bicyclic) bond motifs is 1. The molecule has 2 heterocycles. The molecule has 5 heteroatoms. The molecule has 0 unspecified atom stereocenters. The molecule has 0 aliphatic rings. The fourth-order valence-corrected chi connectivity index (χ4v) is 2.92. The molecule has 24 heavy (non-hydrogen) atoms. The summed E-state index contributed by atoms with van der Waals surface area (Å²) < 4.78 is 1.81. The number of rotatable bonds is 5. The number of benzene rings is 1. The first-order valence-electron chi connectivity index (χ1n) is 8.24. The standard InChI is InChI=1S/C19H22N4O/c1-4-22(5-2)16-11-9-15(10-12-16)21-19(24)18-14(3)20-17-8-6-7-13-23(17)18/h6-13H,4-5H2,1-3H3,(H,21,24). The first-order chi connectivity index (χ1) is 11.6. The number of aromatic nitrogens is 2. The van der Waals surface area contributed by atoms with Gasteiger partial charge in [-0.3, -0.25) is 9.20 Å². The SMILES string of the molecule is CCN(CC)c1ccc(NC(=O)c2c(C)nc3ccccn23)cc1. The summed E-state index contributed by atoms with van der Waals surface area (Å²) >= 11 is 0. The number of nitrogens with one attached hydrogen (secondary N) is 1. The number of hydrogen-bond acceptors (Lipinski definition) is 3. The van der Waals surface area contributed by atoms with Crippen LogP contribution in [0.5, 0.6) is 0 Å². The molecule has 0 aliphatic heterocycles. The first-order valence-corrected chi connectivity index (χ1v) is 8.24. The molecule has 124 valence electrons. The van der Waals surface area contributed by atoms with Gasteiger partial charge in [0.1, 0.15) is 11.3 Å². The van der Waals surface area contributed by atoms with Crippen molar-refractivity contribution in [1.82, 2.24) is 9.38 Å². The van der Waals surface area contributed by atoms with Crippen molar-refractivity contribution in [2.24, 2.45) is 0 Å². The van der Waals surface area contributed by atoms with Gasteiger partial charge >= 0.3 is 0 Å². The number of hydrogen-bond donors (Lipinski definition) is 1. The minimum Gasteiger partial charge on any atom is -0.372 e. The van der Waals surface area contributed by atoms with Crippen LogP contribution in [0.1, 0.15) is 30.0 Å². The van der Waals surface area contributed by atoms with Crippen LogP contribution in [0.2, 0.25) is 0 Å². The van der Waals surface area contributed by atoms with Crippen LogP contribution < -0.4 is 10.2 Å². The van der Waals surface area contributed by atoms with Crippen LogP contribution in [0.15, 0.2) is 48.7 Å². The van der Waals surface area contributed by atoms with Crippen molar-refractivity contribution < 1.29 is 4.79 Å². The van der Waals surface area contributed by atoms with Crippen LogP contribution >= 0.6 is 0 Å². The summed E-state index contributed by atoms with van der Waals surface area (Å²) in [6, 6.07) is 13.6. The second kappa shape index (κ2) is 6.74. The number of carbonyl (C=O) groups is 1. The Kier molecular flexibility index (Phi) is 4.51. The average molecular weight is 322 g/mol. The number of pyridine rings is 1. The van der Waals surface area contributed by atoms with E-state index in [-0.39, 0.29) is 5.91 Å². The third-order valence-corrected chi connectivity index (χ3v) is 4.17. The molecule has 3 aromatic rings. The molecule has 0 saturated carbocycles. The van der Waals surface area contributed by atoms with E-state index in [1.165, 1.54) is 0 Å². The Labute approximate surface area is 141 Å². The molecule has 1 amide bonds. The lowest BCUT2D eigenvalue weighted by Gasteiger charge is -2.21. The van der Waals surface area contributed by atoms with Gasteiger partial charge in [0.05, 0.1) is 5.69 Å². The number of aryl methyl sites for hydroxylation is 1. The van der Waals surface area contributed by atoms with E-state index in [1.807, 2.05) is 60.0 Å². The van der Waals surface area contributed by atoms with Crippen molar-refractivity contribution in [2.75, 3.05) is 23.3 Å². The van der Waals surface area contributed by atoms with E-state index in [1.54, 1.807) is 0 Å². The maximum Gasteiger partial charge on any atom is 0.274 e. The number of nitrogens with zero attached hydrogens (tertiary/aromatic N) is 3. The van der Waals surface area contributed by atoms with E-state index in [0.717, 1.165) is 35.8 Å². The zero-order valence-corrected chi connectivity index (χ0v) is 14.3. The molecule has 5 nitrogen and oxygen atoms in total. The smallest absolute Gasteiger partial charge is 0.274 e. The normalized spacial score (nSPS) is 10.8. The maximum atomic E-state index is 12.7. The highest BCUT2D eigenvalue weighted by Crippen LogP contribution is 2.19. The number of amides is 1. The topological polar surface area (TPSA) is 49.6 Å². The fraction of sp³-hybridized carbons (Fsp3) is 0.263. The Morgan fingerprint density at radius 2 is 1.83 bits per heavy atom. The number of carbonyl (C=O) groups excluding carboxylic acids is 1. The van der Waals surface area contributed by atoms with E-state index < -0.39 is 0 Å². The highest BCUT2D eigenvalue weighted by Gasteiger charge is 2.16. The van der Waals surface area contributed by atoms with Gasteiger partial charge in [0.15, 0.2) is 0 Å². The highest BCUT2D eigenvalue weighted by molar-refractivity contribution is 6.04. The predicted octanol–water partition coefficient (Wildman–Crippen LogP) is 3.74. The minimum atomic E-state index is -0.151. The van der Waals surface area contributed by atoms with Crippen LogP contribution in [0.25, 0.3) is 5.65 Å². The highest BCUT2D eigenvalue weighted by atomic mass is 16.2. The summed E-state index contributed by atoms with van der Waals surface area (Å²) in [7, 11) is 0. The molecule has 0 spiro atoms. The van der Waals surface area contributed by atoms with Gasteiger partial charge in [-0.1, -0.05) is 6.07 Å². The van der Waals surface area contributed by atoms with Crippen LogP contribution in [-0.4, -0.2) is 28.4 Å². The molecule has 2 aromatic heterocycles. The molecule has 1 N–H and O–H groups in total. The van der Waals surface area contributed by atoms with Crippen molar-refractivity contribution in [2.45, 2.75) is 20.8 Å². The van der Waals surface area contributed by atoms with Gasteiger partial charge in [0.25, 0.3) is 5.91 Å². The van der Waals surface area contributed by atoms with Crippen molar-refractivity contribution in [1.29, 1.82) is 0 Å². The number of anilines is 2. The molecule has 0 saturated heterocycles. The second-order valence-corrected chi connectivity index (χ2v) is 5.65. The summed E-state index contributed by atoms with van der Waals surface area (Å²) in [5.41, 5.74) is 4.00. The Bertz CT molecular complexity index is 847. The summed E-state index contributed by atoms with van der Waals surface area (Å²) in [6.07, 6.45) is 1.85. The Morgan fingerprint density at radius 3 is 2.50 bits per heavy atom. The quantitative estimate of drug-likeness (QED) is 0.778. The van der Waals surface area contributed by atoms with Crippen LogP contribution in [0, 0.1) is 6.92 Å². The lowest BCUT2D eigenvalue weighted by Crippen LogP contribution is -2.21. The van der Waals surface area contributed by atoms with Gasteiger partial charge in [-0.2, -0.15) is 0 Å². The molecule has 0 aliphatic carbocycles. The van der Waals surface area contributed by atoms with Crippen molar-refractivity contribution in [3.63, 3.8) is 0 Å².